The minimum absolute atomic E-state index is 0.0000315. The first-order chi connectivity index (χ1) is 13.1. The SMILES string of the molecule is COc1ccc(-n2nnnc2SCC(=O)N(C)Cc2ccccc2Br)cc1. The molecule has 7 nitrogen and oxygen atoms in total. The Morgan fingerprint density at radius 2 is 1.96 bits per heavy atom. The lowest BCUT2D eigenvalue weighted by atomic mass is 10.2. The largest absolute Gasteiger partial charge is 0.497 e. The fourth-order valence-corrected chi connectivity index (χ4v) is 3.60. The number of hydrogen-bond donors (Lipinski definition) is 0. The van der Waals surface area contributed by atoms with E-state index in [9.17, 15) is 4.79 Å². The Kier molecular flexibility index (Phi) is 6.46. The van der Waals surface area contributed by atoms with E-state index in [-0.39, 0.29) is 11.7 Å². The maximum Gasteiger partial charge on any atom is 0.233 e. The van der Waals surface area contributed by atoms with Crippen molar-refractivity contribution >= 4 is 33.6 Å². The predicted octanol–water partition coefficient (Wildman–Crippen LogP) is 3.18. The highest BCUT2D eigenvalue weighted by molar-refractivity contribution is 9.10. The third kappa shape index (κ3) is 4.86. The smallest absolute Gasteiger partial charge is 0.233 e. The minimum atomic E-state index is 0.0000315. The Hall–Kier alpha value is -2.39. The normalized spacial score (nSPS) is 10.6. The first-order valence-electron chi connectivity index (χ1n) is 8.11. The zero-order valence-electron chi connectivity index (χ0n) is 14.9. The molecule has 1 amide bonds. The monoisotopic (exact) mass is 447 g/mol. The molecule has 0 saturated heterocycles. The molecule has 3 aromatic rings. The Morgan fingerprint density at radius 1 is 1.22 bits per heavy atom. The second-order valence-corrected chi connectivity index (χ2v) is 7.50. The second kappa shape index (κ2) is 9.01. The van der Waals surface area contributed by atoms with Crippen LogP contribution in [-0.4, -0.2) is 50.9 Å². The summed E-state index contributed by atoms with van der Waals surface area (Å²) < 4.78 is 7.75. The quantitative estimate of drug-likeness (QED) is 0.517. The average Bonchev–Trinajstić information content (AvgIpc) is 3.16. The summed E-state index contributed by atoms with van der Waals surface area (Å²) in [5, 5.41) is 12.3. The summed E-state index contributed by atoms with van der Waals surface area (Å²) in [7, 11) is 3.40. The van der Waals surface area contributed by atoms with Crippen molar-refractivity contribution in [3.63, 3.8) is 0 Å². The van der Waals surface area contributed by atoms with Crippen LogP contribution in [0.1, 0.15) is 5.56 Å². The van der Waals surface area contributed by atoms with Crippen molar-refractivity contribution in [3.05, 3.63) is 58.6 Å². The van der Waals surface area contributed by atoms with Gasteiger partial charge in [-0.2, -0.15) is 4.68 Å². The Bertz CT molecular complexity index is 916. The minimum Gasteiger partial charge on any atom is -0.497 e. The Morgan fingerprint density at radius 3 is 2.67 bits per heavy atom. The summed E-state index contributed by atoms with van der Waals surface area (Å²) in [6.45, 7) is 0.532. The lowest BCUT2D eigenvalue weighted by Crippen LogP contribution is -2.28. The van der Waals surface area contributed by atoms with Gasteiger partial charge >= 0.3 is 0 Å². The maximum absolute atomic E-state index is 12.5. The molecule has 2 aromatic carbocycles. The van der Waals surface area contributed by atoms with Crippen LogP contribution in [0.3, 0.4) is 0 Å². The van der Waals surface area contributed by atoms with E-state index in [1.807, 2.05) is 48.5 Å². The van der Waals surface area contributed by atoms with Gasteiger partial charge in [-0.25, -0.2) is 0 Å². The van der Waals surface area contributed by atoms with E-state index in [0.29, 0.717) is 11.7 Å². The molecule has 0 aliphatic rings. The van der Waals surface area contributed by atoms with Crippen LogP contribution in [0.2, 0.25) is 0 Å². The summed E-state index contributed by atoms with van der Waals surface area (Å²) in [5.74, 6) is 1.00. The summed E-state index contributed by atoms with van der Waals surface area (Å²) in [4.78, 5) is 14.2. The van der Waals surface area contributed by atoms with E-state index in [4.69, 9.17) is 4.74 Å². The molecule has 0 radical (unpaired) electrons. The van der Waals surface area contributed by atoms with E-state index in [2.05, 4.69) is 31.5 Å². The molecule has 3 rings (SSSR count). The van der Waals surface area contributed by atoms with Crippen LogP contribution in [0.15, 0.2) is 58.2 Å². The number of carbonyl (C=O) groups is 1. The fourth-order valence-electron chi connectivity index (χ4n) is 2.36. The molecule has 0 saturated carbocycles. The zero-order valence-corrected chi connectivity index (χ0v) is 17.3. The number of nitrogens with zero attached hydrogens (tertiary/aromatic N) is 5. The number of aromatic nitrogens is 4. The van der Waals surface area contributed by atoms with Gasteiger partial charge in [0, 0.05) is 18.1 Å². The number of thioether (sulfide) groups is 1. The van der Waals surface area contributed by atoms with Gasteiger partial charge in [-0.3, -0.25) is 4.79 Å². The molecule has 0 N–H and O–H groups in total. The first kappa shape index (κ1) is 19.4. The molecule has 27 heavy (non-hydrogen) atoms. The zero-order chi connectivity index (χ0) is 19.2. The number of amides is 1. The molecular weight excluding hydrogens is 430 g/mol. The van der Waals surface area contributed by atoms with Crippen LogP contribution in [0.4, 0.5) is 0 Å². The van der Waals surface area contributed by atoms with Gasteiger partial charge in [0.05, 0.1) is 18.6 Å². The number of methoxy groups -OCH3 is 1. The molecule has 140 valence electrons. The molecule has 0 unspecified atom stereocenters. The van der Waals surface area contributed by atoms with Gasteiger partial charge in [-0.1, -0.05) is 45.9 Å². The highest BCUT2D eigenvalue weighted by Crippen LogP contribution is 2.21. The number of tetrazole rings is 1. The van der Waals surface area contributed by atoms with Crippen molar-refractivity contribution in [3.8, 4) is 11.4 Å². The second-order valence-electron chi connectivity index (χ2n) is 5.70. The third-order valence-electron chi connectivity index (χ3n) is 3.87. The highest BCUT2D eigenvalue weighted by Gasteiger charge is 2.15. The van der Waals surface area contributed by atoms with Crippen LogP contribution < -0.4 is 4.74 Å². The van der Waals surface area contributed by atoms with Crippen molar-refractivity contribution in [1.29, 1.82) is 0 Å². The van der Waals surface area contributed by atoms with Crippen LogP contribution in [0.25, 0.3) is 5.69 Å². The predicted molar refractivity (Wildman–Crippen MR) is 107 cm³/mol. The van der Waals surface area contributed by atoms with Crippen LogP contribution in [-0.2, 0) is 11.3 Å². The van der Waals surface area contributed by atoms with Crippen molar-refractivity contribution < 1.29 is 9.53 Å². The van der Waals surface area contributed by atoms with E-state index in [0.717, 1.165) is 21.5 Å². The lowest BCUT2D eigenvalue weighted by Gasteiger charge is -2.17. The number of carbonyl (C=O) groups excluding carboxylic acids is 1. The Labute approximate surface area is 169 Å². The highest BCUT2D eigenvalue weighted by atomic mass is 79.9. The number of halogens is 1. The number of rotatable bonds is 7. The average molecular weight is 448 g/mol. The molecule has 1 heterocycles. The van der Waals surface area contributed by atoms with Crippen LogP contribution in [0, 0.1) is 0 Å². The van der Waals surface area contributed by atoms with Gasteiger partial charge in [-0.15, -0.1) is 5.10 Å². The molecule has 0 spiro atoms. The molecule has 1 aromatic heterocycles. The molecule has 0 bridgehead atoms. The van der Waals surface area contributed by atoms with Gasteiger partial charge in [0.25, 0.3) is 0 Å². The van der Waals surface area contributed by atoms with Crippen molar-refractivity contribution in [2.45, 2.75) is 11.7 Å². The van der Waals surface area contributed by atoms with Gasteiger partial charge < -0.3 is 9.64 Å². The standard InChI is InChI=1S/C18H18BrN5O2S/c1-23(11-13-5-3-4-6-16(13)19)17(25)12-27-18-20-21-22-24(18)14-7-9-15(26-2)10-8-14/h3-10H,11-12H2,1-2H3. The van der Waals surface area contributed by atoms with E-state index in [1.165, 1.54) is 11.8 Å². The van der Waals surface area contributed by atoms with Gasteiger partial charge in [0.1, 0.15) is 5.75 Å². The molecule has 9 heteroatoms. The molecule has 0 fully saturated rings. The third-order valence-corrected chi connectivity index (χ3v) is 5.55. The maximum atomic E-state index is 12.5. The number of ether oxygens (including phenoxy) is 1. The molecule has 0 aliphatic heterocycles. The molecule has 0 aliphatic carbocycles. The number of hydrogen-bond acceptors (Lipinski definition) is 6. The summed E-state index contributed by atoms with van der Waals surface area (Å²) >= 11 is 4.81. The van der Waals surface area contributed by atoms with Crippen molar-refractivity contribution in [2.75, 3.05) is 19.9 Å². The summed E-state index contributed by atoms with van der Waals surface area (Å²) in [6.07, 6.45) is 0. The van der Waals surface area contributed by atoms with Gasteiger partial charge in [-0.05, 0) is 46.3 Å². The Balaban J connectivity index is 1.62. The fraction of sp³-hybridized carbons (Fsp3) is 0.222. The van der Waals surface area contributed by atoms with Crippen LogP contribution >= 0.6 is 27.7 Å². The van der Waals surface area contributed by atoms with E-state index < -0.39 is 0 Å². The summed E-state index contributed by atoms with van der Waals surface area (Å²) in [6, 6.07) is 15.3. The number of benzene rings is 2. The summed E-state index contributed by atoms with van der Waals surface area (Å²) in [5.41, 5.74) is 1.86. The first-order valence-corrected chi connectivity index (χ1v) is 9.89. The van der Waals surface area contributed by atoms with Gasteiger partial charge in [0.15, 0.2) is 0 Å². The van der Waals surface area contributed by atoms with Crippen molar-refractivity contribution in [1.82, 2.24) is 25.1 Å². The molecular formula is C18H18BrN5O2S. The topological polar surface area (TPSA) is 73.1 Å². The van der Waals surface area contributed by atoms with E-state index in [1.54, 1.807) is 23.7 Å². The van der Waals surface area contributed by atoms with Crippen molar-refractivity contribution in [2.24, 2.45) is 0 Å². The van der Waals surface area contributed by atoms with Gasteiger partial charge in [0.2, 0.25) is 11.1 Å². The van der Waals surface area contributed by atoms with Crippen LogP contribution in [0.5, 0.6) is 5.75 Å². The van der Waals surface area contributed by atoms with E-state index >= 15 is 0 Å². The lowest BCUT2D eigenvalue weighted by molar-refractivity contribution is -0.127. The molecule has 0 atom stereocenters.